The summed E-state index contributed by atoms with van der Waals surface area (Å²) in [4.78, 5) is 4.79. The number of benzene rings is 2. The van der Waals surface area contributed by atoms with Crippen LogP contribution in [-0.2, 0) is 6.54 Å². The van der Waals surface area contributed by atoms with Gasteiger partial charge in [-0.3, -0.25) is 0 Å². The summed E-state index contributed by atoms with van der Waals surface area (Å²) in [6.07, 6.45) is 2.03. The molecule has 4 nitrogen and oxygen atoms in total. The molecule has 0 unspecified atom stereocenters. The number of aryl methyl sites for hydroxylation is 1. The number of para-hydroxylation sites is 4. The smallest absolute Gasteiger partial charge is 0.142 e. The number of ether oxygens (including phenoxy) is 1. The first-order chi connectivity index (χ1) is 11.7. The Morgan fingerprint density at radius 3 is 2.58 bits per heavy atom. The molecule has 0 fully saturated rings. The first-order valence-electron chi connectivity index (χ1n) is 8.59. The third-order valence-corrected chi connectivity index (χ3v) is 4.15. The summed E-state index contributed by atoms with van der Waals surface area (Å²) in [6, 6.07) is 16.0. The Kier molecular flexibility index (Phi) is 5.04. The number of rotatable bonds is 7. The van der Waals surface area contributed by atoms with E-state index >= 15 is 0 Å². The van der Waals surface area contributed by atoms with E-state index < -0.39 is 0 Å². The van der Waals surface area contributed by atoms with Gasteiger partial charge in [0.05, 0.1) is 23.3 Å². The molecule has 2 N–H and O–H groups in total. The Hall–Kier alpha value is -2.49. The number of anilines is 1. The summed E-state index contributed by atoms with van der Waals surface area (Å²) < 4.78 is 8.12. The summed E-state index contributed by atoms with van der Waals surface area (Å²) in [5.41, 5.74) is 8.88. The highest BCUT2D eigenvalue weighted by atomic mass is 16.5. The molecule has 0 amide bonds. The second kappa shape index (κ2) is 7.39. The van der Waals surface area contributed by atoms with Crippen molar-refractivity contribution in [2.75, 3.05) is 12.3 Å². The zero-order valence-electron chi connectivity index (χ0n) is 14.4. The second-order valence-corrected chi connectivity index (χ2v) is 6.36. The van der Waals surface area contributed by atoms with Gasteiger partial charge in [0.1, 0.15) is 11.6 Å². The van der Waals surface area contributed by atoms with Gasteiger partial charge >= 0.3 is 0 Å². The highest BCUT2D eigenvalue weighted by molar-refractivity contribution is 5.76. The van der Waals surface area contributed by atoms with E-state index in [1.165, 1.54) is 5.52 Å². The largest absolute Gasteiger partial charge is 0.491 e. The van der Waals surface area contributed by atoms with Crippen molar-refractivity contribution in [2.24, 2.45) is 0 Å². The second-order valence-electron chi connectivity index (χ2n) is 6.36. The molecule has 0 radical (unpaired) electrons. The molecule has 3 rings (SSSR count). The van der Waals surface area contributed by atoms with Gasteiger partial charge in [0.2, 0.25) is 0 Å². The molecule has 24 heavy (non-hydrogen) atoms. The predicted molar refractivity (Wildman–Crippen MR) is 99.4 cm³/mol. The van der Waals surface area contributed by atoms with Gasteiger partial charge in [0.25, 0.3) is 0 Å². The number of nitrogens with two attached hydrogens (primary N) is 1. The van der Waals surface area contributed by atoms with E-state index in [0.717, 1.165) is 36.5 Å². The summed E-state index contributed by atoms with van der Waals surface area (Å²) in [5, 5.41) is 0. The quantitative estimate of drug-likeness (QED) is 0.510. The van der Waals surface area contributed by atoms with Crippen LogP contribution in [0.25, 0.3) is 11.0 Å². The number of unbranched alkanes of at least 4 members (excludes halogenated alkanes) is 1. The Labute approximate surface area is 143 Å². The number of nitrogens with zero attached hydrogens (tertiary/aromatic N) is 2. The maximum Gasteiger partial charge on any atom is 0.142 e. The molecular weight excluding hydrogens is 298 g/mol. The van der Waals surface area contributed by atoms with Gasteiger partial charge in [-0.15, -0.1) is 0 Å². The van der Waals surface area contributed by atoms with Crippen molar-refractivity contribution in [3.63, 3.8) is 0 Å². The Morgan fingerprint density at radius 1 is 1.04 bits per heavy atom. The van der Waals surface area contributed by atoms with E-state index in [-0.39, 0.29) is 0 Å². The summed E-state index contributed by atoms with van der Waals surface area (Å²) in [6.45, 7) is 6.03. The predicted octanol–water partition coefficient (Wildman–Crippen LogP) is 4.60. The molecule has 126 valence electrons. The number of aromatic nitrogens is 2. The van der Waals surface area contributed by atoms with E-state index in [4.69, 9.17) is 15.5 Å². The van der Waals surface area contributed by atoms with Crippen LogP contribution in [0.2, 0.25) is 0 Å². The first kappa shape index (κ1) is 16.4. The minimum Gasteiger partial charge on any atom is -0.491 e. The summed E-state index contributed by atoms with van der Waals surface area (Å²) in [5.74, 6) is 2.34. The number of imidazole rings is 1. The highest BCUT2D eigenvalue weighted by Gasteiger charge is 2.12. The lowest BCUT2D eigenvalue weighted by atomic mass is 10.2. The monoisotopic (exact) mass is 323 g/mol. The fraction of sp³-hybridized carbons (Fsp3) is 0.350. The van der Waals surface area contributed by atoms with E-state index in [1.54, 1.807) is 0 Å². The molecule has 0 atom stereocenters. The summed E-state index contributed by atoms with van der Waals surface area (Å²) in [7, 11) is 0. The zero-order valence-corrected chi connectivity index (χ0v) is 14.4. The lowest BCUT2D eigenvalue weighted by Gasteiger charge is -2.12. The van der Waals surface area contributed by atoms with Gasteiger partial charge in [0, 0.05) is 12.5 Å². The van der Waals surface area contributed by atoms with Crippen LogP contribution in [0.5, 0.6) is 5.75 Å². The molecule has 0 aliphatic rings. The standard InChI is InChI=1S/C20H25N3O/c1-15(2)20-22-17-10-4-5-11-18(17)23(20)13-7-8-14-24-19-12-6-3-9-16(19)21/h3-6,9-12,15H,7-8,13-14,21H2,1-2H3. The Bertz CT molecular complexity index is 808. The molecule has 0 spiro atoms. The molecule has 0 aliphatic heterocycles. The van der Waals surface area contributed by atoms with Gasteiger partial charge in [-0.2, -0.15) is 0 Å². The van der Waals surface area contributed by atoms with Gasteiger partial charge in [-0.1, -0.05) is 38.1 Å². The van der Waals surface area contributed by atoms with Crippen LogP contribution < -0.4 is 10.5 Å². The van der Waals surface area contributed by atoms with Crippen LogP contribution in [0.1, 0.15) is 38.4 Å². The first-order valence-corrected chi connectivity index (χ1v) is 8.59. The van der Waals surface area contributed by atoms with Crippen LogP contribution in [0.4, 0.5) is 5.69 Å². The minimum atomic E-state index is 0.415. The number of hydrogen-bond acceptors (Lipinski definition) is 3. The average Bonchev–Trinajstić information content (AvgIpc) is 2.95. The van der Waals surface area contributed by atoms with Gasteiger partial charge in [-0.25, -0.2) is 4.98 Å². The third kappa shape index (κ3) is 3.53. The van der Waals surface area contributed by atoms with Gasteiger partial charge in [-0.05, 0) is 37.1 Å². The van der Waals surface area contributed by atoms with Gasteiger partial charge < -0.3 is 15.0 Å². The molecule has 3 aromatic rings. The van der Waals surface area contributed by atoms with Crippen molar-refractivity contribution in [3.05, 3.63) is 54.4 Å². The fourth-order valence-corrected chi connectivity index (χ4v) is 2.94. The van der Waals surface area contributed by atoms with Gasteiger partial charge in [0.15, 0.2) is 0 Å². The third-order valence-electron chi connectivity index (χ3n) is 4.15. The fourth-order valence-electron chi connectivity index (χ4n) is 2.94. The van der Waals surface area contributed by atoms with E-state index in [0.29, 0.717) is 18.2 Å². The van der Waals surface area contributed by atoms with Crippen molar-refractivity contribution in [2.45, 2.75) is 39.2 Å². The lowest BCUT2D eigenvalue weighted by Crippen LogP contribution is -2.07. The van der Waals surface area contributed by atoms with E-state index in [9.17, 15) is 0 Å². The van der Waals surface area contributed by atoms with Crippen LogP contribution in [0.15, 0.2) is 48.5 Å². The van der Waals surface area contributed by atoms with Crippen molar-refractivity contribution in [1.29, 1.82) is 0 Å². The van der Waals surface area contributed by atoms with Crippen LogP contribution >= 0.6 is 0 Å². The molecule has 2 aromatic carbocycles. The molecule has 1 heterocycles. The molecule has 0 saturated carbocycles. The molecule has 0 aliphatic carbocycles. The van der Waals surface area contributed by atoms with Crippen molar-refractivity contribution in [3.8, 4) is 5.75 Å². The topological polar surface area (TPSA) is 53.1 Å². The number of hydrogen-bond donors (Lipinski definition) is 1. The van der Waals surface area contributed by atoms with Crippen molar-refractivity contribution >= 4 is 16.7 Å². The molecule has 0 bridgehead atoms. The average molecular weight is 323 g/mol. The molecule has 1 aromatic heterocycles. The number of nitrogen functional groups attached to an aromatic ring is 1. The van der Waals surface area contributed by atoms with E-state index in [1.807, 2.05) is 30.3 Å². The maximum absolute atomic E-state index is 5.89. The highest BCUT2D eigenvalue weighted by Crippen LogP contribution is 2.23. The normalized spacial score (nSPS) is 11.3. The Morgan fingerprint density at radius 2 is 1.79 bits per heavy atom. The van der Waals surface area contributed by atoms with Crippen molar-refractivity contribution < 1.29 is 4.74 Å². The molecular formula is C20H25N3O. The molecule has 4 heteroatoms. The molecule has 0 saturated heterocycles. The summed E-state index contributed by atoms with van der Waals surface area (Å²) >= 11 is 0. The van der Waals surface area contributed by atoms with Crippen molar-refractivity contribution in [1.82, 2.24) is 9.55 Å². The zero-order chi connectivity index (χ0) is 16.9. The lowest BCUT2D eigenvalue weighted by molar-refractivity contribution is 0.304. The van der Waals surface area contributed by atoms with Crippen LogP contribution in [0.3, 0.4) is 0 Å². The minimum absolute atomic E-state index is 0.415. The number of fused-ring (bicyclic) bond motifs is 1. The van der Waals surface area contributed by atoms with Crippen LogP contribution in [0, 0.1) is 0 Å². The maximum atomic E-state index is 5.89. The van der Waals surface area contributed by atoms with E-state index in [2.05, 4.69) is 36.6 Å². The van der Waals surface area contributed by atoms with Crippen LogP contribution in [-0.4, -0.2) is 16.2 Å². The SMILES string of the molecule is CC(C)c1nc2ccccc2n1CCCCOc1ccccc1N. The Balaban J connectivity index is 1.60.